The molecule has 1 aliphatic heterocycles. The molecule has 3 N–H and O–H groups in total. The molecule has 0 amide bonds. The first kappa shape index (κ1) is 15.9. The van der Waals surface area contributed by atoms with E-state index in [2.05, 4.69) is 4.72 Å². The van der Waals surface area contributed by atoms with Crippen LogP contribution < -0.4 is 10.5 Å². The van der Waals surface area contributed by atoms with Crippen molar-refractivity contribution in [2.75, 3.05) is 17.8 Å². The van der Waals surface area contributed by atoms with Crippen molar-refractivity contribution in [3.05, 3.63) is 28.2 Å². The van der Waals surface area contributed by atoms with Crippen molar-refractivity contribution < 1.29 is 8.42 Å². The zero-order valence-electron chi connectivity index (χ0n) is 10.9. The molecular formula is C12H17Cl2N3O2S. The van der Waals surface area contributed by atoms with Crippen LogP contribution in [0.2, 0.25) is 10.0 Å². The SMILES string of the molecule is NCC1CCCCN1S(=O)(=O)Nc1ccc(Cl)c(Cl)c1. The number of hydrogen-bond donors (Lipinski definition) is 2. The summed E-state index contributed by atoms with van der Waals surface area (Å²) in [6.45, 7) is 0.806. The molecule has 112 valence electrons. The topological polar surface area (TPSA) is 75.4 Å². The van der Waals surface area contributed by atoms with Crippen molar-refractivity contribution in [1.82, 2.24) is 4.31 Å². The van der Waals surface area contributed by atoms with Gasteiger partial charge in [-0.1, -0.05) is 29.6 Å². The lowest BCUT2D eigenvalue weighted by molar-refractivity contribution is 0.259. The Morgan fingerprint density at radius 3 is 2.70 bits per heavy atom. The maximum atomic E-state index is 12.4. The Morgan fingerprint density at radius 2 is 2.05 bits per heavy atom. The maximum Gasteiger partial charge on any atom is 0.301 e. The summed E-state index contributed by atoms with van der Waals surface area (Å²) in [7, 11) is -3.63. The summed E-state index contributed by atoms with van der Waals surface area (Å²) in [4.78, 5) is 0. The van der Waals surface area contributed by atoms with Crippen molar-refractivity contribution in [2.24, 2.45) is 5.73 Å². The number of nitrogens with one attached hydrogen (secondary N) is 1. The highest BCUT2D eigenvalue weighted by molar-refractivity contribution is 7.90. The Morgan fingerprint density at radius 1 is 1.30 bits per heavy atom. The summed E-state index contributed by atoms with van der Waals surface area (Å²) < 4.78 is 28.8. The van der Waals surface area contributed by atoms with E-state index in [4.69, 9.17) is 28.9 Å². The highest BCUT2D eigenvalue weighted by Gasteiger charge is 2.31. The van der Waals surface area contributed by atoms with Crippen LogP contribution in [-0.2, 0) is 10.2 Å². The van der Waals surface area contributed by atoms with Crippen LogP contribution in [-0.4, -0.2) is 31.9 Å². The highest BCUT2D eigenvalue weighted by Crippen LogP contribution is 2.27. The van der Waals surface area contributed by atoms with Gasteiger partial charge in [0.1, 0.15) is 0 Å². The number of piperidine rings is 1. The van der Waals surface area contributed by atoms with E-state index in [1.54, 1.807) is 12.1 Å². The molecule has 1 heterocycles. The molecule has 1 unspecified atom stereocenters. The number of nitrogens with zero attached hydrogens (tertiary/aromatic N) is 1. The van der Waals surface area contributed by atoms with Crippen LogP contribution in [0.4, 0.5) is 5.69 Å². The number of nitrogens with two attached hydrogens (primary N) is 1. The first-order chi connectivity index (χ1) is 9.44. The summed E-state index contributed by atoms with van der Waals surface area (Å²) in [5.41, 5.74) is 6.04. The van der Waals surface area contributed by atoms with Gasteiger partial charge in [0, 0.05) is 19.1 Å². The van der Waals surface area contributed by atoms with E-state index in [1.807, 2.05) is 0 Å². The third kappa shape index (κ3) is 3.56. The van der Waals surface area contributed by atoms with Crippen molar-refractivity contribution in [2.45, 2.75) is 25.3 Å². The minimum atomic E-state index is -3.63. The maximum absolute atomic E-state index is 12.4. The van der Waals surface area contributed by atoms with Crippen LogP contribution in [0.3, 0.4) is 0 Å². The molecule has 5 nitrogen and oxygen atoms in total. The first-order valence-electron chi connectivity index (χ1n) is 6.39. The van der Waals surface area contributed by atoms with Crippen molar-refractivity contribution >= 4 is 39.1 Å². The fraction of sp³-hybridized carbons (Fsp3) is 0.500. The quantitative estimate of drug-likeness (QED) is 0.885. The Hall–Kier alpha value is -0.530. The molecule has 0 aromatic heterocycles. The summed E-state index contributed by atoms with van der Waals surface area (Å²) in [5.74, 6) is 0. The minimum Gasteiger partial charge on any atom is -0.329 e. The number of halogens is 2. The Kier molecular flexibility index (Phi) is 5.14. The van der Waals surface area contributed by atoms with Crippen LogP contribution >= 0.6 is 23.2 Å². The largest absolute Gasteiger partial charge is 0.329 e. The average Bonchev–Trinajstić information content (AvgIpc) is 2.42. The van der Waals surface area contributed by atoms with Gasteiger partial charge >= 0.3 is 10.2 Å². The lowest BCUT2D eigenvalue weighted by Gasteiger charge is -2.33. The van der Waals surface area contributed by atoms with E-state index in [0.717, 1.165) is 19.3 Å². The van der Waals surface area contributed by atoms with Gasteiger partial charge in [-0.3, -0.25) is 4.72 Å². The molecule has 0 radical (unpaired) electrons. The predicted octanol–water partition coefficient (Wildman–Crippen LogP) is 2.46. The first-order valence-corrected chi connectivity index (χ1v) is 8.58. The van der Waals surface area contributed by atoms with E-state index in [0.29, 0.717) is 28.8 Å². The third-order valence-electron chi connectivity index (χ3n) is 3.32. The van der Waals surface area contributed by atoms with E-state index >= 15 is 0 Å². The van der Waals surface area contributed by atoms with E-state index in [9.17, 15) is 8.42 Å². The van der Waals surface area contributed by atoms with Gasteiger partial charge in [-0.25, -0.2) is 0 Å². The standard InChI is InChI=1S/C12H17Cl2N3O2S/c13-11-5-4-9(7-12(11)14)16-20(18,19)17-6-2-1-3-10(17)8-15/h4-5,7,10,16H,1-3,6,8,15H2. The van der Waals surface area contributed by atoms with E-state index in [1.165, 1.54) is 10.4 Å². The molecule has 20 heavy (non-hydrogen) atoms. The number of hydrogen-bond acceptors (Lipinski definition) is 3. The van der Waals surface area contributed by atoms with Crippen LogP contribution in [0.25, 0.3) is 0 Å². The Labute approximate surface area is 129 Å². The number of rotatable bonds is 4. The second kappa shape index (κ2) is 6.49. The molecule has 0 saturated carbocycles. The van der Waals surface area contributed by atoms with Gasteiger partial charge in [0.05, 0.1) is 15.7 Å². The Balaban J connectivity index is 2.19. The Bertz CT molecular complexity index is 580. The van der Waals surface area contributed by atoms with Gasteiger partial charge in [-0.05, 0) is 31.0 Å². The van der Waals surface area contributed by atoms with Crippen LogP contribution in [0, 0.1) is 0 Å². The monoisotopic (exact) mass is 337 g/mol. The molecule has 1 fully saturated rings. The van der Waals surface area contributed by atoms with E-state index in [-0.39, 0.29) is 6.04 Å². The second-order valence-corrected chi connectivity index (χ2v) is 7.17. The second-order valence-electron chi connectivity index (χ2n) is 4.73. The van der Waals surface area contributed by atoms with Crippen molar-refractivity contribution in [1.29, 1.82) is 0 Å². The van der Waals surface area contributed by atoms with Gasteiger partial charge < -0.3 is 5.73 Å². The van der Waals surface area contributed by atoms with Crippen molar-refractivity contribution in [3.8, 4) is 0 Å². The lowest BCUT2D eigenvalue weighted by atomic mass is 10.1. The van der Waals surface area contributed by atoms with Gasteiger partial charge in [0.15, 0.2) is 0 Å². The van der Waals surface area contributed by atoms with Gasteiger partial charge in [-0.15, -0.1) is 0 Å². The van der Waals surface area contributed by atoms with E-state index < -0.39 is 10.2 Å². The normalized spacial score (nSPS) is 20.9. The summed E-state index contributed by atoms with van der Waals surface area (Å²) in [5, 5.41) is 0.688. The molecular weight excluding hydrogens is 321 g/mol. The van der Waals surface area contributed by atoms with Crippen LogP contribution in [0.5, 0.6) is 0 Å². The van der Waals surface area contributed by atoms with Crippen molar-refractivity contribution in [3.63, 3.8) is 0 Å². The number of anilines is 1. The smallest absolute Gasteiger partial charge is 0.301 e. The average molecular weight is 338 g/mol. The van der Waals surface area contributed by atoms with Crippen LogP contribution in [0.1, 0.15) is 19.3 Å². The lowest BCUT2D eigenvalue weighted by Crippen LogP contribution is -2.49. The fourth-order valence-electron chi connectivity index (χ4n) is 2.29. The van der Waals surface area contributed by atoms with Gasteiger partial charge in [0.2, 0.25) is 0 Å². The highest BCUT2D eigenvalue weighted by atomic mass is 35.5. The third-order valence-corrected chi connectivity index (χ3v) is 5.65. The molecule has 0 spiro atoms. The molecule has 1 aromatic carbocycles. The van der Waals surface area contributed by atoms with Gasteiger partial charge in [0.25, 0.3) is 0 Å². The molecule has 1 aromatic rings. The summed E-state index contributed by atoms with van der Waals surface area (Å²) >= 11 is 11.7. The molecule has 1 saturated heterocycles. The van der Waals surface area contributed by atoms with Gasteiger partial charge in [-0.2, -0.15) is 12.7 Å². The summed E-state index contributed by atoms with van der Waals surface area (Å²) in [6, 6.07) is 4.47. The number of benzene rings is 1. The molecule has 1 aliphatic rings. The summed E-state index contributed by atoms with van der Waals surface area (Å²) in [6.07, 6.45) is 2.64. The molecule has 2 rings (SSSR count). The zero-order valence-corrected chi connectivity index (χ0v) is 13.2. The molecule has 0 bridgehead atoms. The molecule has 0 aliphatic carbocycles. The minimum absolute atomic E-state index is 0.149. The molecule has 1 atom stereocenters. The van der Waals surface area contributed by atoms with Crippen LogP contribution in [0.15, 0.2) is 18.2 Å². The fourth-order valence-corrected chi connectivity index (χ4v) is 4.09. The molecule has 8 heteroatoms. The zero-order chi connectivity index (χ0) is 14.8. The predicted molar refractivity (Wildman–Crippen MR) is 82.4 cm³/mol.